The maximum absolute atomic E-state index is 11.6. The minimum Gasteiger partial charge on any atom is -0.366 e. The summed E-state index contributed by atoms with van der Waals surface area (Å²) in [5.74, 6) is 0.770. The molecule has 104 valence electrons. The summed E-state index contributed by atoms with van der Waals surface area (Å²) in [6, 6.07) is 0.388. The zero-order valence-corrected chi connectivity index (χ0v) is 11.3. The van der Waals surface area contributed by atoms with Crippen LogP contribution >= 0.6 is 0 Å². The normalized spacial score (nSPS) is 23.9. The lowest BCUT2D eigenvalue weighted by Crippen LogP contribution is -2.41. The van der Waals surface area contributed by atoms with E-state index in [1.54, 1.807) is 0 Å². The lowest BCUT2D eigenvalue weighted by Gasteiger charge is -2.31. The number of aromatic amines is 1. The van der Waals surface area contributed by atoms with Gasteiger partial charge in [0.2, 0.25) is 0 Å². The van der Waals surface area contributed by atoms with Crippen molar-refractivity contribution in [3.63, 3.8) is 0 Å². The van der Waals surface area contributed by atoms with E-state index in [0.29, 0.717) is 6.04 Å². The zero-order chi connectivity index (χ0) is 13.2. The summed E-state index contributed by atoms with van der Waals surface area (Å²) in [5.41, 5.74) is 1.91. The Labute approximate surface area is 112 Å². The number of fused-ring (bicyclic) bond motifs is 1. The van der Waals surface area contributed by atoms with Crippen molar-refractivity contribution in [3.8, 4) is 0 Å². The third-order valence-corrected chi connectivity index (χ3v) is 3.94. The molecule has 1 unspecified atom stereocenters. The molecule has 0 spiro atoms. The second kappa shape index (κ2) is 5.30. The number of H-pyrrole nitrogens is 1. The van der Waals surface area contributed by atoms with Gasteiger partial charge in [0.05, 0.1) is 0 Å². The van der Waals surface area contributed by atoms with Gasteiger partial charge >= 0.3 is 5.69 Å². The molecule has 1 aromatic rings. The van der Waals surface area contributed by atoms with Gasteiger partial charge in [-0.3, -0.25) is 0 Å². The van der Waals surface area contributed by atoms with E-state index in [0.717, 1.165) is 56.1 Å². The highest BCUT2D eigenvalue weighted by molar-refractivity contribution is 5.47. The first-order chi connectivity index (χ1) is 9.22. The van der Waals surface area contributed by atoms with Crippen LogP contribution in [0.25, 0.3) is 0 Å². The van der Waals surface area contributed by atoms with Crippen LogP contribution in [0.2, 0.25) is 0 Å². The molecule has 19 heavy (non-hydrogen) atoms. The van der Waals surface area contributed by atoms with Gasteiger partial charge in [-0.25, -0.2) is 4.79 Å². The van der Waals surface area contributed by atoms with Crippen LogP contribution in [0.1, 0.15) is 24.1 Å². The minimum atomic E-state index is -0.243. The predicted octanol–water partition coefficient (Wildman–Crippen LogP) is -0.0783. The fourth-order valence-corrected chi connectivity index (χ4v) is 2.97. The highest BCUT2D eigenvalue weighted by Gasteiger charge is 2.21. The number of hydrogen-bond acceptors (Lipinski definition) is 5. The maximum Gasteiger partial charge on any atom is 0.347 e. The summed E-state index contributed by atoms with van der Waals surface area (Å²) >= 11 is 0. The van der Waals surface area contributed by atoms with Crippen LogP contribution in [0.5, 0.6) is 0 Å². The van der Waals surface area contributed by atoms with Crippen LogP contribution in [0.15, 0.2) is 4.79 Å². The number of hydrogen-bond donors (Lipinski definition) is 3. The van der Waals surface area contributed by atoms with Gasteiger partial charge < -0.3 is 20.5 Å². The van der Waals surface area contributed by atoms with Crippen molar-refractivity contribution in [2.24, 2.45) is 0 Å². The Morgan fingerprint density at radius 1 is 1.47 bits per heavy atom. The number of rotatable bonds is 2. The quantitative estimate of drug-likeness (QED) is 0.696. The molecular weight excluding hydrogens is 242 g/mol. The third-order valence-electron chi connectivity index (χ3n) is 3.94. The molecule has 0 bridgehead atoms. The van der Waals surface area contributed by atoms with Gasteiger partial charge in [0.1, 0.15) is 5.82 Å². The first-order valence-electron chi connectivity index (χ1n) is 7.00. The molecule has 0 radical (unpaired) electrons. The van der Waals surface area contributed by atoms with Crippen LogP contribution < -0.4 is 16.3 Å². The van der Waals surface area contributed by atoms with Gasteiger partial charge in [0.15, 0.2) is 0 Å². The smallest absolute Gasteiger partial charge is 0.347 e. The summed E-state index contributed by atoms with van der Waals surface area (Å²) in [4.78, 5) is 20.9. The second-order valence-electron chi connectivity index (χ2n) is 5.52. The van der Waals surface area contributed by atoms with E-state index in [4.69, 9.17) is 0 Å². The predicted molar refractivity (Wildman–Crippen MR) is 74.4 cm³/mol. The van der Waals surface area contributed by atoms with Crippen molar-refractivity contribution in [1.82, 2.24) is 20.2 Å². The molecule has 1 saturated heterocycles. The van der Waals surface area contributed by atoms with E-state index in [9.17, 15) is 4.79 Å². The molecule has 6 heteroatoms. The molecule has 0 amide bonds. The minimum absolute atomic E-state index is 0.243. The number of nitrogens with zero attached hydrogens (tertiary/aromatic N) is 2. The largest absolute Gasteiger partial charge is 0.366 e. The summed E-state index contributed by atoms with van der Waals surface area (Å²) in [6.45, 7) is 3.86. The number of likely N-dealkylation sites (tertiary alicyclic amines) is 1. The number of piperidine rings is 1. The van der Waals surface area contributed by atoms with Crippen LogP contribution in [-0.4, -0.2) is 47.6 Å². The summed E-state index contributed by atoms with van der Waals surface area (Å²) in [7, 11) is 2.14. The van der Waals surface area contributed by atoms with Gasteiger partial charge in [-0.1, -0.05) is 0 Å². The second-order valence-corrected chi connectivity index (χ2v) is 5.52. The summed E-state index contributed by atoms with van der Waals surface area (Å²) in [6.07, 6.45) is 3.20. The average Bonchev–Trinajstić information content (AvgIpc) is 2.38. The van der Waals surface area contributed by atoms with Gasteiger partial charge in [0, 0.05) is 43.4 Å². The molecule has 0 aromatic carbocycles. The first-order valence-corrected chi connectivity index (χ1v) is 7.00. The van der Waals surface area contributed by atoms with Crippen molar-refractivity contribution in [3.05, 3.63) is 21.7 Å². The molecule has 3 N–H and O–H groups in total. The topological polar surface area (TPSA) is 73.0 Å². The number of anilines is 1. The molecule has 1 atom stereocenters. The number of likely N-dealkylation sites (N-methyl/N-ethyl adjacent to an activating group) is 1. The third kappa shape index (κ3) is 2.79. The molecule has 0 aliphatic carbocycles. The molecule has 2 aliphatic heterocycles. The van der Waals surface area contributed by atoms with E-state index < -0.39 is 0 Å². The monoisotopic (exact) mass is 263 g/mol. The van der Waals surface area contributed by atoms with Crippen LogP contribution in [0, 0.1) is 0 Å². The Morgan fingerprint density at radius 2 is 2.37 bits per heavy atom. The SMILES string of the molecule is CN1CCCC(Nc2nc(=O)[nH]c3c2CNCC3)C1. The van der Waals surface area contributed by atoms with Crippen molar-refractivity contribution in [2.75, 3.05) is 32.0 Å². The van der Waals surface area contributed by atoms with Gasteiger partial charge in [-0.05, 0) is 26.4 Å². The van der Waals surface area contributed by atoms with E-state index in [-0.39, 0.29) is 5.69 Å². The van der Waals surface area contributed by atoms with Crippen LogP contribution in [-0.2, 0) is 13.0 Å². The van der Waals surface area contributed by atoms with Crippen molar-refractivity contribution < 1.29 is 0 Å². The lowest BCUT2D eigenvalue weighted by molar-refractivity contribution is 0.260. The molecule has 2 aliphatic rings. The maximum atomic E-state index is 11.6. The molecule has 6 nitrogen and oxygen atoms in total. The van der Waals surface area contributed by atoms with Crippen molar-refractivity contribution in [2.45, 2.75) is 31.8 Å². The fraction of sp³-hybridized carbons (Fsp3) is 0.692. The standard InChI is InChI=1S/C13H21N5O/c1-18-6-2-3-9(8-18)15-12-10-7-14-5-4-11(10)16-13(19)17-12/h9,14H,2-8H2,1H3,(H2,15,16,17,19). The Hall–Kier alpha value is -1.40. The first kappa shape index (κ1) is 12.6. The van der Waals surface area contributed by atoms with E-state index >= 15 is 0 Å². The van der Waals surface area contributed by atoms with Gasteiger partial charge in [-0.2, -0.15) is 4.98 Å². The van der Waals surface area contributed by atoms with Crippen molar-refractivity contribution >= 4 is 5.82 Å². The Bertz CT molecular complexity index is 512. The van der Waals surface area contributed by atoms with E-state index in [1.165, 1.54) is 6.42 Å². The zero-order valence-electron chi connectivity index (χ0n) is 11.3. The molecule has 0 saturated carbocycles. The Morgan fingerprint density at radius 3 is 3.21 bits per heavy atom. The molecular formula is C13H21N5O. The molecule has 3 heterocycles. The summed E-state index contributed by atoms with van der Waals surface area (Å²) in [5, 5.41) is 6.80. The van der Waals surface area contributed by atoms with Crippen molar-refractivity contribution in [1.29, 1.82) is 0 Å². The van der Waals surface area contributed by atoms with Gasteiger partial charge in [0.25, 0.3) is 0 Å². The summed E-state index contributed by atoms with van der Waals surface area (Å²) < 4.78 is 0. The molecule has 1 aromatic heterocycles. The van der Waals surface area contributed by atoms with E-state index in [1.807, 2.05) is 0 Å². The highest BCUT2D eigenvalue weighted by Crippen LogP contribution is 2.20. The number of nitrogens with one attached hydrogen (secondary N) is 3. The lowest BCUT2D eigenvalue weighted by atomic mass is 10.0. The average molecular weight is 263 g/mol. The van der Waals surface area contributed by atoms with Gasteiger partial charge in [-0.15, -0.1) is 0 Å². The fourth-order valence-electron chi connectivity index (χ4n) is 2.97. The number of aromatic nitrogens is 2. The van der Waals surface area contributed by atoms with Crippen LogP contribution in [0.4, 0.5) is 5.82 Å². The van der Waals surface area contributed by atoms with Crippen LogP contribution in [0.3, 0.4) is 0 Å². The molecule has 1 fully saturated rings. The Kier molecular flexibility index (Phi) is 3.52. The van der Waals surface area contributed by atoms with E-state index in [2.05, 4.69) is 32.5 Å². The Balaban J connectivity index is 1.83. The molecule has 3 rings (SSSR count). The highest BCUT2D eigenvalue weighted by atomic mass is 16.1.